The molecule has 0 radical (unpaired) electrons. The Morgan fingerprint density at radius 3 is 2.76 bits per heavy atom. The molecule has 0 bridgehead atoms. The van der Waals surface area contributed by atoms with E-state index in [0.717, 1.165) is 0 Å². The number of aromatic nitrogens is 3. The van der Waals surface area contributed by atoms with E-state index in [1.165, 1.54) is 12.1 Å². The second-order valence-corrected chi connectivity index (χ2v) is 5.77. The first-order chi connectivity index (χ1) is 7.95. The van der Waals surface area contributed by atoms with E-state index in [1.807, 2.05) is 0 Å². The SMILES string of the molecule is O=S(=O)(Cl)c1n[nH]c(Cc2cccc(F)c2)n1. The lowest BCUT2D eigenvalue weighted by atomic mass is 10.1. The van der Waals surface area contributed by atoms with Crippen molar-refractivity contribution >= 4 is 19.7 Å². The number of hydrogen-bond donors (Lipinski definition) is 1. The molecule has 0 atom stereocenters. The van der Waals surface area contributed by atoms with Crippen LogP contribution >= 0.6 is 10.7 Å². The van der Waals surface area contributed by atoms with Crippen molar-refractivity contribution < 1.29 is 12.8 Å². The Labute approximate surface area is 101 Å². The molecular formula is C9H7ClFN3O2S. The summed E-state index contributed by atoms with van der Waals surface area (Å²) in [5.74, 6) is -0.0676. The van der Waals surface area contributed by atoms with Crippen LogP contribution in [0.4, 0.5) is 4.39 Å². The number of aromatic amines is 1. The summed E-state index contributed by atoms with van der Waals surface area (Å²) in [4.78, 5) is 3.70. The lowest BCUT2D eigenvalue weighted by Gasteiger charge is -1.96. The molecule has 0 aliphatic heterocycles. The van der Waals surface area contributed by atoms with Crippen molar-refractivity contribution in [1.29, 1.82) is 0 Å². The first-order valence-electron chi connectivity index (χ1n) is 4.55. The average molecular weight is 276 g/mol. The van der Waals surface area contributed by atoms with E-state index in [4.69, 9.17) is 10.7 Å². The fourth-order valence-electron chi connectivity index (χ4n) is 1.31. The molecule has 0 aliphatic rings. The number of nitrogens with zero attached hydrogens (tertiary/aromatic N) is 2. The Bertz CT molecular complexity index is 641. The van der Waals surface area contributed by atoms with E-state index < -0.39 is 14.2 Å². The highest BCUT2D eigenvalue weighted by Gasteiger charge is 2.16. The largest absolute Gasteiger partial charge is 0.298 e. The Morgan fingerprint density at radius 2 is 2.18 bits per heavy atom. The van der Waals surface area contributed by atoms with Gasteiger partial charge >= 0.3 is 0 Å². The van der Waals surface area contributed by atoms with Crippen LogP contribution in [0.3, 0.4) is 0 Å². The van der Waals surface area contributed by atoms with Crippen molar-refractivity contribution in [3.8, 4) is 0 Å². The van der Waals surface area contributed by atoms with Gasteiger partial charge in [-0.05, 0) is 17.7 Å². The summed E-state index contributed by atoms with van der Waals surface area (Å²) in [6.07, 6.45) is 0.247. The molecule has 0 saturated heterocycles. The predicted molar refractivity (Wildman–Crippen MR) is 58.6 cm³/mol. The van der Waals surface area contributed by atoms with Crippen molar-refractivity contribution in [2.75, 3.05) is 0 Å². The van der Waals surface area contributed by atoms with Crippen LogP contribution in [0.25, 0.3) is 0 Å². The smallest absolute Gasteiger partial charge is 0.262 e. The lowest BCUT2D eigenvalue weighted by Crippen LogP contribution is -1.94. The van der Waals surface area contributed by atoms with Gasteiger partial charge in [-0.1, -0.05) is 12.1 Å². The maximum atomic E-state index is 12.9. The molecule has 1 N–H and O–H groups in total. The van der Waals surface area contributed by atoms with Crippen LogP contribution < -0.4 is 0 Å². The third-order valence-corrected chi connectivity index (χ3v) is 3.02. The minimum atomic E-state index is -3.94. The van der Waals surface area contributed by atoms with Crippen molar-refractivity contribution in [1.82, 2.24) is 15.2 Å². The van der Waals surface area contributed by atoms with Crippen LogP contribution in [0.15, 0.2) is 29.4 Å². The number of rotatable bonds is 3. The molecule has 0 fully saturated rings. The summed E-state index contributed by atoms with van der Waals surface area (Å²) >= 11 is 0. The summed E-state index contributed by atoms with van der Waals surface area (Å²) in [6.45, 7) is 0. The average Bonchev–Trinajstić information content (AvgIpc) is 2.65. The van der Waals surface area contributed by atoms with Gasteiger partial charge in [-0.3, -0.25) is 5.10 Å². The van der Waals surface area contributed by atoms with E-state index >= 15 is 0 Å². The maximum Gasteiger partial charge on any atom is 0.298 e. The van der Waals surface area contributed by atoms with E-state index in [-0.39, 0.29) is 12.2 Å². The molecule has 8 heteroatoms. The molecule has 2 aromatic rings. The first-order valence-corrected chi connectivity index (χ1v) is 6.86. The number of benzene rings is 1. The van der Waals surface area contributed by atoms with Gasteiger partial charge in [-0.15, -0.1) is 5.10 Å². The topological polar surface area (TPSA) is 75.7 Å². The zero-order valence-electron chi connectivity index (χ0n) is 8.39. The molecule has 17 heavy (non-hydrogen) atoms. The maximum absolute atomic E-state index is 12.9. The highest BCUT2D eigenvalue weighted by atomic mass is 35.7. The molecule has 0 unspecified atom stereocenters. The van der Waals surface area contributed by atoms with Gasteiger partial charge in [0.25, 0.3) is 14.2 Å². The van der Waals surface area contributed by atoms with Gasteiger partial charge in [-0.25, -0.2) is 17.8 Å². The van der Waals surface area contributed by atoms with E-state index in [1.54, 1.807) is 12.1 Å². The fraction of sp³-hybridized carbons (Fsp3) is 0.111. The van der Waals surface area contributed by atoms with Crippen LogP contribution in [-0.2, 0) is 15.5 Å². The molecule has 1 aromatic carbocycles. The van der Waals surface area contributed by atoms with E-state index in [2.05, 4.69) is 15.2 Å². The van der Waals surface area contributed by atoms with Crippen LogP contribution in [-0.4, -0.2) is 23.6 Å². The molecule has 1 heterocycles. The Hall–Kier alpha value is -1.47. The van der Waals surface area contributed by atoms with E-state index in [0.29, 0.717) is 11.4 Å². The monoisotopic (exact) mass is 275 g/mol. The van der Waals surface area contributed by atoms with Gasteiger partial charge in [-0.2, -0.15) is 0 Å². The molecule has 0 amide bonds. The molecule has 0 aliphatic carbocycles. The van der Waals surface area contributed by atoms with Gasteiger partial charge in [0.15, 0.2) is 0 Å². The molecule has 5 nitrogen and oxygen atoms in total. The van der Waals surface area contributed by atoms with Gasteiger partial charge < -0.3 is 0 Å². The number of H-pyrrole nitrogens is 1. The van der Waals surface area contributed by atoms with Crippen LogP contribution in [0, 0.1) is 5.82 Å². The number of nitrogens with one attached hydrogen (secondary N) is 1. The number of halogens is 2. The third-order valence-electron chi connectivity index (χ3n) is 1.99. The lowest BCUT2D eigenvalue weighted by molar-refractivity contribution is 0.601. The summed E-state index contributed by atoms with van der Waals surface area (Å²) in [7, 11) is 1.13. The quantitative estimate of drug-likeness (QED) is 0.861. The Balaban J connectivity index is 2.23. The van der Waals surface area contributed by atoms with E-state index in [9.17, 15) is 12.8 Å². The molecule has 0 spiro atoms. The molecular weight excluding hydrogens is 269 g/mol. The summed E-state index contributed by atoms with van der Waals surface area (Å²) in [5, 5.41) is 5.41. The zero-order chi connectivity index (χ0) is 12.5. The minimum absolute atomic E-state index is 0.247. The van der Waals surface area contributed by atoms with Gasteiger partial charge in [0.1, 0.15) is 11.6 Å². The molecule has 90 valence electrons. The standard InChI is InChI=1S/C9H7ClFN3O2S/c10-17(15,16)9-12-8(13-14-9)5-6-2-1-3-7(11)4-6/h1-4H,5H2,(H,12,13,14). The van der Waals surface area contributed by atoms with Crippen molar-refractivity contribution in [3.63, 3.8) is 0 Å². The summed E-state index contributed by atoms with van der Waals surface area (Å²) in [6, 6.07) is 5.90. The van der Waals surface area contributed by atoms with Crippen molar-refractivity contribution in [3.05, 3.63) is 41.5 Å². The first kappa shape index (κ1) is 12.0. The predicted octanol–water partition coefficient (Wildman–Crippen LogP) is 1.46. The summed E-state index contributed by atoms with van der Waals surface area (Å²) in [5.41, 5.74) is 0.652. The van der Waals surface area contributed by atoms with Crippen molar-refractivity contribution in [2.45, 2.75) is 11.6 Å². The van der Waals surface area contributed by atoms with Gasteiger partial charge in [0.2, 0.25) is 0 Å². The van der Waals surface area contributed by atoms with Crippen LogP contribution in [0.2, 0.25) is 0 Å². The van der Waals surface area contributed by atoms with Gasteiger partial charge in [0, 0.05) is 17.1 Å². The molecule has 2 rings (SSSR count). The normalized spacial score (nSPS) is 11.6. The van der Waals surface area contributed by atoms with Crippen molar-refractivity contribution in [2.24, 2.45) is 0 Å². The second-order valence-electron chi connectivity index (χ2n) is 3.31. The minimum Gasteiger partial charge on any atom is -0.262 e. The highest BCUT2D eigenvalue weighted by molar-refractivity contribution is 8.13. The van der Waals surface area contributed by atoms with Crippen LogP contribution in [0.5, 0.6) is 0 Å². The highest BCUT2D eigenvalue weighted by Crippen LogP contribution is 2.11. The molecule has 1 aromatic heterocycles. The third kappa shape index (κ3) is 3.01. The zero-order valence-corrected chi connectivity index (χ0v) is 9.96. The second kappa shape index (κ2) is 4.42. The molecule has 0 saturated carbocycles. The Kier molecular flexibility index (Phi) is 3.12. The number of hydrogen-bond acceptors (Lipinski definition) is 4. The Morgan fingerprint density at radius 1 is 1.41 bits per heavy atom. The fourth-order valence-corrected chi connectivity index (χ4v) is 1.89. The van der Waals surface area contributed by atoms with Gasteiger partial charge in [0.05, 0.1) is 0 Å². The summed E-state index contributed by atoms with van der Waals surface area (Å²) < 4.78 is 34.7. The van der Waals surface area contributed by atoms with Crippen LogP contribution in [0.1, 0.15) is 11.4 Å².